The lowest BCUT2D eigenvalue weighted by atomic mass is 10.1. The molecule has 0 N–H and O–H groups in total. The molecule has 0 aliphatic rings. The summed E-state index contributed by atoms with van der Waals surface area (Å²) in [6.45, 7) is 5.29. The van der Waals surface area contributed by atoms with E-state index in [4.69, 9.17) is 0 Å². The highest BCUT2D eigenvalue weighted by atomic mass is 19.4. The number of anilines is 1. The number of nitrogens with zero attached hydrogens (tertiary/aromatic N) is 2. The van der Waals surface area contributed by atoms with Crippen LogP contribution in [0, 0.1) is 0 Å². The van der Waals surface area contributed by atoms with Crippen LogP contribution in [-0.4, -0.2) is 13.3 Å². The lowest BCUT2D eigenvalue weighted by molar-refractivity contribution is -0.137. The van der Waals surface area contributed by atoms with E-state index in [9.17, 15) is 13.2 Å². The molecule has 0 atom stereocenters. The van der Waals surface area contributed by atoms with Gasteiger partial charge in [-0.15, -0.1) is 0 Å². The monoisotopic (exact) mass is 216 g/mol. The molecule has 15 heavy (non-hydrogen) atoms. The fourth-order valence-electron chi connectivity index (χ4n) is 1.28. The van der Waals surface area contributed by atoms with Gasteiger partial charge < -0.3 is 0 Å². The summed E-state index contributed by atoms with van der Waals surface area (Å²) in [5, 5.41) is 4.75. The highest BCUT2D eigenvalue weighted by Gasteiger charge is 2.34. The second-order valence-corrected chi connectivity index (χ2v) is 2.87. The molecular formula is C10H11F3N2. The molecule has 1 rings (SSSR count). The van der Waals surface area contributed by atoms with Crippen LogP contribution in [0.15, 0.2) is 29.4 Å². The molecule has 5 heteroatoms. The summed E-state index contributed by atoms with van der Waals surface area (Å²) >= 11 is 0. The highest BCUT2D eigenvalue weighted by molar-refractivity contribution is 5.55. The molecule has 0 aromatic heterocycles. The van der Waals surface area contributed by atoms with E-state index in [2.05, 4.69) is 11.8 Å². The van der Waals surface area contributed by atoms with Crippen molar-refractivity contribution in [2.45, 2.75) is 13.1 Å². The van der Waals surface area contributed by atoms with Crippen molar-refractivity contribution < 1.29 is 13.2 Å². The number of hydrogen-bond acceptors (Lipinski definition) is 2. The van der Waals surface area contributed by atoms with Crippen molar-refractivity contribution in [2.24, 2.45) is 5.10 Å². The minimum atomic E-state index is -4.37. The van der Waals surface area contributed by atoms with E-state index in [0.29, 0.717) is 6.54 Å². The Labute approximate surface area is 86.0 Å². The maximum atomic E-state index is 12.6. The molecule has 1 aromatic carbocycles. The maximum absolute atomic E-state index is 12.6. The Bertz CT molecular complexity index is 347. The molecule has 0 heterocycles. The first-order chi connectivity index (χ1) is 7.00. The van der Waals surface area contributed by atoms with Gasteiger partial charge in [0.1, 0.15) is 0 Å². The molecule has 0 unspecified atom stereocenters. The summed E-state index contributed by atoms with van der Waals surface area (Å²) in [6, 6.07) is 5.30. The van der Waals surface area contributed by atoms with Crippen molar-refractivity contribution in [3.8, 4) is 0 Å². The molecule has 0 amide bonds. The fourth-order valence-corrected chi connectivity index (χ4v) is 1.28. The number of hydrogen-bond donors (Lipinski definition) is 0. The maximum Gasteiger partial charge on any atom is 0.418 e. The van der Waals surface area contributed by atoms with Gasteiger partial charge in [-0.2, -0.15) is 18.3 Å². The number of benzene rings is 1. The summed E-state index contributed by atoms with van der Waals surface area (Å²) in [5.41, 5.74) is -0.665. The van der Waals surface area contributed by atoms with E-state index < -0.39 is 11.7 Å². The standard InChI is InChI=1S/C10H11F3N2/c1-3-15(14-2)9-7-5-4-6-8(9)10(11,12)13/h4-7H,2-3H2,1H3. The number of hydrazone groups is 1. The molecule has 0 aliphatic heterocycles. The smallest absolute Gasteiger partial charge is 0.266 e. The zero-order valence-electron chi connectivity index (χ0n) is 8.25. The van der Waals surface area contributed by atoms with Crippen LogP contribution in [0.1, 0.15) is 12.5 Å². The van der Waals surface area contributed by atoms with Gasteiger partial charge in [-0.3, -0.25) is 5.01 Å². The SMILES string of the molecule is C=NN(CC)c1ccccc1C(F)(F)F. The van der Waals surface area contributed by atoms with Crippen molar-refractivity contribution in [2.75, 3.05) is 11.6 Å². The van der Waals surface area contributed by atoms with Crippen molar-refractivity contribution in [1.82, 2.24) is 0 Å². The van der Waals surface area contributed by atoms with E-state index in [0.717, 1.165) is 6.07 Å². The van der Waals surface area contributed by atoms with Crippen LogP contribution >= 0.6 is 0 Å². The van der Waals surface area contributed by atoms with E-state index in [1.807, 2.05) is 0 Å². The van der Waals surface area contributed by atoms with E-state index in [1.54, 1.807) is 13.0 Å². The van der Waals surface area contributed by atoms with Crippen LogP contribution in [0.25, 0.3) is 0 Å². The third-order valence-electron chi connectivity index (χ3n) is 1.96. The van der Waals surface area contributed by atoms with Gasteiger partial charge in [-0.1, -0.05) is 12.1 Å². The summed E-state index contributed by atoms with van der Waals surface area (Å²) in [5.74, 6) is 0. The van der Waals surface area contributed by atoms with Crippen LogP contribution in [0.4, 0.5) is 18.9 Å². The highest BCUT2D eigenvalue weighted by Crippen LogP contribution is 2.36. The van der Waals surface area contributed by atoms with Gasteiger partial charge in [-0.25, -0.2) is 0 Å². The van der Waals surface area contributed by atoms with Crippen LogP contribution in [0.3, 0.4) is 0 Å². The first-order valence-corrected chi connectivity index (χ1v) is 4.41. The second-order valence-electron chi connectivity index (χ2n) is 2.87. The Balaban J connectivity index is 3.22. The predicted octanol–water partition coefficient (Wildman–Crippen LogP) is 3.15. The van der Waals surface area contributed by atoms with Gasteiger partial charge in [0, 0.05) is 13.3 Å². The first-order valence-electron chi connectivity index (χ1n) is 4.41. The molecule has 1 aromatic rings. The number of alkyl halides is 3. The number of halogens is 3. The van der Waals surface area contributed by atoms with Crippen LogP contribution in [0.5, 0.6) is 0 Å². The van der Waals surface area contributed by atoms with Gasteiger partial charge in [0.25, 0.3) is 0 Å². The van der Waals surface area contributed by atoms with Crippen molar-refractivity contribution in [3.05, 3.63) is 29.8 Å². The minimum absolute atomic E-state index is 0.0301. The Hall–Kier alpha value is -1.52. The molecule has 0 saturated heterocycles. The van der Waals surface area contributed by atoms with Gasteiger partial charge >= 0.3 is 6.18 Å². The van der Waals surface area contributed by atoms with Gasteiger partial charge in [0.2, 0.25) is 0 Å². The topological polar surface area (TPSA) is 15.6 Å². The minimum Gasteiger partial charge on any atom is -0.266 e. The largest absolute Gasteiger partial charge is 0.418 e. The number of para-hydroxylation sites is 1. The van der Waals surface area contributed by atoms with Gasteiger partial charge in [-0.05, 0) is 19.1 Å². The van der Waals surface area contributed by atoms with E-state index in [-0.39, 0.29) is 5.69 Å². The summed E-state index contributed by atoms with van der Waals surface area (Å²) in [7, 11) is 0. The third kappa shape index (κ3) is 2.49. The first kappa shape index (κ1) is 11.6. The van der Waals surface area contributed by atoms with Crippen molar-refractivity contribution in [1.29, 1.82) is 0 Å². The third-order valence-corrected chi connectivity index (χ3v) is 1.96. The van der Waals surface area contributed by atoms with E-state index in [1.165, 1.54) is 17.1 Å². The Morgan fingerprint density at radius 2 is 1.93 bits per heavy atom. The van der Waals surface area contributed by atoms with Crippen molar-refractivity contribution in [3.63, 3.8) is 0 Å². The fraction of sp³-hybridized carbons (Fsp3) is 0.300. The van der Waals surface area contributed by atoms with Crippen LogP contribution < -0.4 is 5.01 Å². The summed E-state index contributed by atoms with van der Waals surface area (Å²) in [6.07, 6.45) is -4.37. The van der Waals surface area contributed by atoms with Crippen LogP contribution in [0.2, 0.25) is 0 Å². The molecule has 0 fully saturated rings. The number of rotatable bonds is 3. The molecule has 0 saturated carbocycles. The molecule has 0 radical (unpaired) electrons. The summed E-state index contributed by atoms with van der Waals surface area (Å²) in [4.78, 5) is 0. The lowest BCUT2D eigenvalue weighted by Gasteiger charge is -2.20. The van der Waals surface area contributed by atoms with Gasteiger partial charge in [0.05, 0.1) is 11.3 Å². The van der Waals surface area contributed by atoms with Crippen LogP contribution in [-0.2, 0) is 6.18 Å². The molecule has 82 valence electrons. The van der Waals surface area contributed by atoms with Crippen molar-refractivity contribution >= 4 is 12.4 Å². The Kier molecular flexibility index (Phi) is 3.34. The summed E-state index contributed by atoms with van der Waals surface area (Å²) < 4.78 is 37.8. The molecular weight excluding hydrogens is 205 g/mol. The average Bonchev–Trinajstić information content (AvgIpc) is 2.19. The average molecular weight is 216 g/mol. The Morgan fingerprint density at radius 1 is 1.33 bits per heavy atom. The normalized spacial score (nSPS) is 11.2. The molecule has 0 spiro atoms. The molecule has 0 aliphatic carbocycles. The molecule has 2 nitrogen and oxygen atoms in total. The zero-order valence-corrected chi connectivity index (χ0v) is 8.25. The lowest BCUT2D eigenvalue weighted by Crippen LogP contribution is -2.19. The molecule has 0 bridgehead atoms. The second kappa shape index (κ2) is 4.33. The van der Waals surface area contributed by atoms with Gasteiger partial charge in [0.15, 0.2) is 0 Å². The quantitative estimate of drug-likeness (QED) is 0.559. The predicted molar refractivity (Wildman–Crippen MR) is 54.0 cm³/mol. The zero-order chi connectivity index (χ0) is 11.5. The Morgan fingerprint density at radius 3 is 2.40 bits per heavy atom. The van der Waals surface area contributed by atoms with E-state index >= 15 is 0 Å².